The second-order valence-corrected chi connectivity index (χ2v) is 8.29. The number of hydrogen-bond acceptors (Lipinski definition) is 3. The Morgan fingerprint density at radius 2 is 2.04 bits per heavy atom. The minimum Gasteiger partial charge on any atom is -0.339 e. The van der Waals surface area contributed by atoms with Crippen LogP contribution in [-0.2, 0) is 4.79 Å². The van der Waals surface area contributed by atoms with Gasteiger partial charge in [-0.1, -0.05) is 18.5 Å². The largest absolute Gasteiger partial charge is 0.339 e. The van der Waals surface area contributed by atoms with E-state index in [1.807, 2.05) is 4.90 Å². The van der Waals surface area contributed by atoms with Crippen LogP contribution in [0.4, 0.5) is 5.69 Å². The molecule has 0 aliphatic carbocycles. The lowest BCUT2D eigenvalue weighted by Gasteiger charge is -2.28. The highest BCUT2D eigenvalue weighted by Gasteiger charge is 2.23. The summed E-state index contributed by atoms with van der Waals surface area (Å²) in [6.07, 6.45) is 6.13. The monoisotopic (exact) mass is 391 g/mol. The van der Waals surface area contributed by atoms with Crippen molar-refractivity contribution in [2.45, 2.75) is 45.4 Å². The summed E-state index contributed by atoms with van der Waals surface area (Å²) in [6.45, 7) is 5.80. The van der Waals surface area contributed by atoms with Crippen LogP contribution in [0.2, 0.25) is 5.02 Å². The van der Waals surface area contributed by atoms with E-state index >= 15 is 0 Å². The molecule has 0 bridgehead atoms. The zero-order valence-electron chi connectivity index (χ0n) is 16.1. The van der Waals surface area contributed by atoms with Crippen molar-refractivity contribution in [3.05, 3.63) is 28.8 Å². The van der Waals surface area contributed by atoms with E-state index in [1.165, 1.54) is 19.3 Å². The number of hydrogen-bond donors (Lipinski definition) is 2. The lowest BCUT2D eigenvalue weighted by molar-refractivity contribution is -0.117. The SMILES string of the molecule is CC(CC(=O)Nc1ccc(C(=O)N2CCCCC2)c(Cl)c1)C1CCCNC1. The summed E-state index contributed by atoms with van der Waals surface area (Å²) in [6, 6.07) is 5.18. The maximum Gasteiger partial charge on any atom is 0.255 e. The number of rotatable bonds is 5. The lowest BCUT2D eigenvalue weighted by atomic mass is 9.85. The second-order valence-electron chi connectivity index (χ2n) is 7.88. The molecule has 1 aromatic rings. The molecule has 148 valence electrons. The molecule has 5 nitrogen and oxygen atoms in total. The number of benzene rings is 1. The van der Waals surface area contributed by atoms with Gasteiger partial charge in [0.25, 0.3) is 5.91 Å². The van der Waals surface area contributed by atoms with Crippen LogP contribution in [-0.4, -0.2) is 42.9 Å². The van der Waals surface area contributed by atoms with Gasteiger partial charge in [0.2, 0.25) is 5.91 Å². The van der Waals surface area contributed by atoms with Crippen LogP contribution in [0.3, 0.4) is 0 Å². The van der Waals surface area contributed by atoms with Crippen LogP contribution >= 0.6 is 11.6 Å². The maximum atomic E-state index is 12.6. The highest BCUT2D eigenvalue weighted by atomic mass is 35.5. The molecule has 3 rings (SSSR count). The van der Waals surface area contributed by atoms with Crippen molar-refractivity contribution in [2.75, 3.05) is 31.5 Å². The molecule has 2 unspecified atom stereocenters. The minimum absolute atomic E-state index is 0.000697. The molecular weight excluding hydrogens is 362 g/mol. The second kappa shape index (κ2) is 9.56. The van der Waals surface area contributed by atoms with E-state index < -0.39 is 0 Å². The number of amides is 2. The molecule has 6 heteroatoms. The van der Waals surface area contributed by atoms with Crippen LogP contribution in [0, 0.1) is 11.8 Å². The number of nitrogens with zero attached hydrogens (tertiary/aromatic N) is 1. The van der Waals surface area contributed by atoms with Gasteiger partial charge in [0.15, 0.2) is 0 Å². The number of likely N-dealkylation sites (tertiary alicyclic amines) is 1. The summed E-state index contributed by atoms with van der Waals surface area (Å²) in [5.41, 5.74) is 1.16. The summed E-state index contributed by atoms with van der Waals surface area (Å²) < 4.78 is 0. The third-order valence-electron chi connectivity index (χ3n) is 5.77. The van der Waals surface area contributed by atoms with E-state index in [1.54, 1.807) is 18.2 Å². The minimum atomic E-state index is -0.0176. The van der Waals surface area contributed by atoms with E-state index in [-0.39, 0.29) is 11.8 Å². The van der Waals surface area contributed by atoms with Crippen molar-refractivity contribution in [3.63, 3.8) is 0 Å². The molecular formula is C21H30ClN3O2. The summed E-state index contributed by atoms with van der Waals surface area (Å²) in [5.74, 6) is 0.876. The summed E-state index contributed by atoms with van der Waals surface area (Å²) in [4.78, 5) is 26.9. The number of piperidine rings is 2. The number of carbonyl (C=O) groups excluding carboxylic acids is 2. The fraction of sp³-hybridized carbons (Fsp3) is 0.619. The molecule has 0 radical (unpaired) electrons. The van der Waals surface area contributed by atoms with E-state index in [2.05, 4.69) is 17.6 Å². The Morgan fingerprint density at radius 1 is 1.26 bits per heavy atom. The van der Waals surface area contributed by atoms with Gasteiger partial charge >= 0.3 is 0 Å². The third-order valence-corrected chi connectivity index (χ3v) is 6.09. The van der Waals surface area contributed by atoms with Gasteiger partial charge < -0.3 is 15.5 Å². The standard InChI is InChI=1S/C21H30ClN3O2/c1-15(16-6-5-9-23-14-16)12-20(26)24-17-7-8-18(19(22)13-17)21(27)25-10-3-2-4-11-25/h7-8,13,15-16,23H,2-6,9-12,14H2,1H3,(H,24,26). The molecule has 0 spiro atoms. The number of anilines is 1. The van der Waals surface area contributed by atoms with Gasteiger partial charge in [-0.15, -0.1) is 0 Å². The third kappa shape index (κ3) is 5.45. The van der Waals surface area contributed by atoms with Gasteiger partial charge in [-0.2, -0.15) is 0 Å². The first-order chi connectivity index (χ1) is 13.0. The predicted octanol–water partition coefficient (Wildman–Crippen LogP) is 3.93. The van der Waals surface area contributed by atoms with Crippen molar-refractivity contribution in [1.29, 1.82) is 0 Å². The normalized spacial score (nSPS) is 21.6. The molecule has 2 aliphatic heterocycles. The molecule has 2 saturated heterocycles. The summed E-state index contributed by atoms with van der Waals surface area (Å²) in [7, 11) is 0. The van der Waals surface area contributed by atoms with E-state index in [0.717, 1.165) is 39.0 Å². The zero-order valence-corrected chi connectivity index (χ0v) is 16.9. The first kappa shape index (κ1) is 20.2. The molecule has 2 aliphatic rings. The fourth-order valence-corrected chi connectivity index (χ4v) is 4.33. The Bertz CT molecular complexity index is 667. The fourth-order valence-electron chi connectivity index (χ4n) is 4.07. The maximum absolute atomic E-state index is 12.6. The van der Waals surface area contributed by atoms with Crippen molar-refractivity contribution in [3.8, 4) is 0 Å². The Morgan fingerprint density at radius 3 is 2.70 bits per heavy atom. The summed E-state index contributed by atoms with van der Waals surface area (Å²) >= 11 is 6.35. The highest BCUT2D eigenvalue weighted by molar-refractivity contribution is 6.34. The van der Waals surface area contributed by atoms with Crippen molar-refractivity contribution >= 4 is 29.1 Å². The average Bonchev–Trinajstić information content (AvgIpc) is 2.69. The van der Waals surface area contributed by atoms with Gasteiger partial charge in [0, 0.05) is 25.2 Å². The van der Waals surface area contributed by atoms with Crippen molar-refractivity contribution in [1.82, 2.24) is 10.2 Å². The first-order valence-electron chi connectivity index (χ1n) is 10.1. The summed E-state index contributed by atoms with van der Waals surface area (Å²) in [5, 5.41) is 6.73. The Hall–Kier alpha value is -1.59. The number of nitrogens with one attached hydrogen (secondary N) is 2. The molecule has 1 aromatic carbocycles. The molecule has 2 atom stereocenters. The quantitative estimate of drug-likeness (QED) is 0.799. The molecule has 2 heterocycles. The van der Waals surface area contributed by atoms with Crippen molar-refractivity contribution < 1.29 is 9.59 Å². The lowest BCUT2D eigenvalue weighted by Crippen LogP contribution is -2.35. The molecule has 0 saturated carbocycles. The number of carbonyl (C=O) groups is 2. The molecule has 2 N–H and O–H groups in total. The van der Waals surface area contributed by atoms with Gasteiger partial charge in [0.1, 0.15) is 0 Å². The van der Waals surface area contributed by atoms with Crippen LogP contribution < -0.4 is 10.6 Å². The van der Waals surface area contributed by atoms with Crippen LogP contribution in [0.15, 0.2) is 18.2 Å². The van der Waals surface area contributed by atoms with Crippen LogP contribution in [0.1, 0.15) is 55.8 Å². The van der Waals surface area contributed by atoms with Crippen molar-refractivity contribution in [2.24, 2.45) is 11.8 Å². The van der Waals surface area contributed by atoms with E-state index in [9.17, 15) is 9.59 Å². The molecule has 27 heavy (non-hydrogen) atoms. The molecule has 0 aromatic heterocycles. The van der Waals surface area contributed by atoms with Gasteiger partial charge in [0.05, 0.1) is 10.6 Å². The molecule has 2 amide bonds. The first-order valence-corrected chi connectivity index (χ1v) is 10.5. The van der Waals surface area contributed by atoms with Gasteiger partial charge in [-0.25, -0.2) is 0 Å². The smallest absolute Gasteiger partial charge is 0.255 e. The van der Waals surface area contributed by atoms with Crippen LogP contribution in [0.5, 0.6) is 0 Å². The topological polar surface area (TPSA) is 61.4 Å². The van der Waals surface area contributed by atoms with Gasteiger partial charge in [-0.05, 0) is 75.2 Å². The molecule has 2 fully saturated rings. The van der Waals surface area contributed by atoms with E-state index in [4.69, 9.17) is 11.6 Å². The highest BCUT2D eigenvalue weighted by Crippen LogP contribution is 2.26. The average molecular weight is 392 g/mol. The van der Waals surface area contributed by atoms with E-state index in [0.29, 0.717) is 34.5 Å². The Labute approximate surface area is 166 Å². The predicted molar refractivity (Wildman–Crippen MR) is 109 cm³/mol. The Balaban J connectivity index is 1.56. The van der Waals surface area contributed by atoms with Crippen LogP contribution in [0.25, 0.3) is 0 Å². The zero-order chi connectivity index (χ0) is 19.2. The number of halogens is 1. The van der Waals surface area contributed by atoms with Gasteiger partial charge in [-0.3, -0.25) is 9.59 Å². The Kier molecular flexibility index (Phi) is 7.13.